The number of carbonyl (C=O) groups is 1. The average Bonchev–Trinajstić information content (AvgIpc) is 2.97. The molecule has 0 bridgehead atoms. The number of hydrogen-bond acceptors (Lipinski definition) is 5. The summed E-state index contributed by atoms with van der Waals surface area (Å²) in [5.41, 5.74) is 6.54. The standard InChI is InChI=1S/C12H12N4O2/c13-9-6-10(17)16(7-9)12-15-14-11(18-12)8-4-2-1-3-5-8/h1-5,9H,6-7,13H2. The summed E-state index contributed by atoms with van der Waals surface area (Å²) in [7, 11) is 0. The number of benzene rings is 1. The van der Waals surface area contributed by atoms with Crippen LogP contribution in [0.4, 0.5) is 6.01 Å². The van der Waals surface area contributed by atoms with Crippen LogP contribution in [0.3, 0.4) is 0 Å². The number of nitrogens with two attached hydrogens (primary N) is 1. The number of nitrogens with zero attached hydrogens (tertiary/aromatic N) is 3. The molecule has 1 saturated heterocycles. The number of aromatic nitrogens is 2. The van der Waals surface area contributed by atoms with Gasteiger partial charge in [0.2, 0.25) is 11.8 Å². The summed E-state index contributed by atoms with van der Waals surface area (Å²) in [6.45, 7) is 0.426. The van der Waals surface area contributed by atoms with Gasteiger partial charge in [-0.15, -0.1) is 5.10 Å². The molecule has 2 aromatic rings. The first kappa shape index (κ1) is 10.9. The summed E-state index contributed by atoms with van der Waals surface area (Å²) in [4.78, 5) is 13.1. The molecular formula is C12H12N4O2. The van der Waals surface area contributed by atoms with Gasteiger partial charge in [0.1, 0.15) is 0 Å². The molecule has 0 aliphatic carbocycles. The van der Waals surface area contributed by atoms with Gasteiger partial charge >= 0.3 is 6.01 Å². The number of amides is 1. The monoisotopic (exact) mass is 244 g/mol. The molecule has 2 N–H and O–H groups in total. The van der Waals surface area contributed by atoms with E-state index in [9.17, 15) is 4.79 Å². The molecule has 1 aliphatic heterocycles. The molecule has 1 aromatic carbocycles. The maximum atomic E-state index is 11.6. The molecular weight excluding hydrogens is 232 g/mol. The van der Waals surface area contributed by atoms with E-state index >= 15 is 0 Å². The molecule has 1 unspecified atom stereocenters. The van der Waals surface area contributed by atoms with E-state index in [0.29, 0.717) is 18.9 Å². The Labute approximate surface area is 103 Å². The fourth-order valence-corrected chi connectivity index (χ4v) is 1.94. The third-order valence-corrected chi connectivity index (χ3v) is 2.82. The van der Waals surface area contributed by atoms with Crippen LogP contribution in [0, 0.1) is 0 Å². The number of anilines is 1. The van der Waals surface area contributed by atoms with Gasteiger partial charge in [0.15, 0.2) is 0 Å². The van der Waals surface area contributed by atoms with Crippen molar-refractivity contribution in [2.24, 2.45) is 5.73 Å². The molecule has 1 fully saturated rings. The van der Waals surface area contributed by atoms with Crippen molar-refractivity contribution in [3.63, 3.8) is 0 Å². The zero-order valence-electron chi connectivity index (χ0n) is 9.61. The lowest BCUT2D eigenvalue weighted by Gasteiger charge is -2.08. The highest BCUT2D eigenvalue weighted by atomic mass is 16.4. The molecule has 0 spiro atoms. The Morgan fingerprint density at radius 2 is 2.06 bits per heavy atom. The second-order valence-corrected chi connectivity index (χ2v) is 4.22. The topological polar surface area (TPSA) is 85.3 Å². The molecule has 1 atom stereocenters. The number of carbonyl (C=O) groups excluding carboxylic acids is 1. The molecule has 6 nitrogen and oxygen atoms in total. The first-order valence-electron chi connectivity index (χ1n) is 5.69. The summed E-state index contributed by atoms with van der Waals surface area (Å²) in [5.74, 6) is 0.324. The summed E-state index contributed by atoms with van der Waals surface area (Å²) < 4.78 is 5.50. The fraction of sp³-hybridized carbons (Fsp3) is 0.250. The van der Waals surface area contributed by atoms with Crippen LogP contribution in [-0.4, -0.2) is 28.7 Å². The van der Waals surface area contributed by atoms with Crippen LogP contribution in [0.1, 0.15) is 6.42 Å². The van der Waals surface area contributed by atoms with Crippen LogP contribution in [-0.2, 0) is 4.79 Å². The van der Waals surface area contributed by atoms with Gasteiger partial charge in [0, 0.05) is 24.6 Å². The van der Waals surface area contributed by atoms with E-state index in [4.69, 9.17) is 10.2 Å². The van der Waals surface area contributed by atoms with Crippen LogP contribution in [0.15, 0.2) is 34.7 Å². The molecule has 18 heavy (non-hydrogen) atoms. The van der Waals surface area contributed by atoms with Gasteiger partial charge in [0.25, 0.3) is 0 Å². The van der Waals surface area contributed by atoms with Gasteiger partial charge in [-0.3, -0.25) is 9.69 Å². The predicted molar refractivity (Wildman–Crippen MR) is 64.7 cm³/mol. The lowest BCUT2D eigenvalue weighted by molar-refractivity contribution is -0.117. The summed E-state index contributed by atoms with van der Waals surface area (Å²) >= 11 is 0. The van der Waals surface area contributed by atoms with E-state index in [-0.39, 0.29) is 18.0 Å². The highest BCUT2D eigenvalue weighted by Gasteiger charge is 2.31. The summed E-state index contributed by atoms with van der Waals surface area (Å²) in [6, 6.07) is 9.47. The molecule has 92 valence electrons. The van der Waals surface area contributed by atoms with Gasteiger partial charge in [-0.1, -0.05) is 23.3 Å². The van der Waals surface area contributed by atoms with Gasteiger partial charge < -0.3 is 10.2 Å². The first-order chi connectivity index (χ1) is 8.74. The Morgan fingerprint density at radius 3 is 2.72 bits per heavy atom. The second-order valence-electron chi connectivity index (χ2n) is 4.22. The third-order valence-electron chi connectivity index (χ3n) is 2.82. The quantitative estimate of drug-likeness (QED) is 0.844. The van der Waals surface area contributed by atoms with E-state index in [1.165, 1.54) is 4.90 Å². The molecule has 1 aromatic heterocycles. The zero-order chi connectivity index (χ0) is 12.5. The number of hydrogen-bond donors (Lipinski definition) is 1. The van der Waals surface area contributed by atoms with Crippen molar-refractivity contribution in [2.45, 2.75) is 12.5 Å². The Hall–Kier alpha value is -2.21. The minimum Gasteiger partial charge on any atom is -0.403 e. The molecule has 0 saturated carbocycles. The zero-order valence-corrected chi connectivity index (χ0v) is 9.61. The van der Waals surface area contributed by atoms with E-state index in [1.807, 2.05) is 30.3 Å². The van der Waals surface area contributed by atoms with E-state index in [1.54, 1.807) is 0 Å². The first-order valence-corrected chi connectivity index (χ1v) is 5.69. The normalized spacial score (nSPS) is 19.5. The second kappa shape index (κ2) is 4.23. The maximum Gasteiger partial charge on any atom is 0.325 e. The van der Waals surface area contributed by atoms with Crippen molar-refractivity contribution < 1.29 is 9.21 Å². The van der Waals surface area contributed by atoms with Gasteiger partial charge in [-0.2, -0.15) is 0 Å². The highest BCUT2D eigenvalue weighted by molar-refractivity contribution is 5.94. The predicted octanol–water partition coefficient (Wildman–Crippen LogP) is 0.801. The van der Waals surface area contributed by atoms with Crippen molar-refractivity contribution >= 4 is 11.9 Å². The van der Waals surface area contributed by atoms with Crippen molar-refractivity contribution in [3.05, 3.63) is 30.3 Å². The Balaban J connectivity index is 1.88. The SMILES string of the molecule is NC1CC(=O)N(c2nnc(-c3ccccc3)o2)C1. The molecule has 3 rings (SSSR count). The van der Waals surface area contributed by atoms with Crippen LogP contribution in [0.25, 0.3) is 11.5 Å². The van der Waals surface area contributed by atoms with E-state index < -0.39 is 0 Å². The van der Waals surface area contributed by atoms with Crippen LogP contribution in [0.5, 0.6) is 0 Å². The van der Waals surface area contributed by atoms with Crippen LogP contribution in [0.2, 0.25) is 0 Å². The Bertz CT molecular complexity index is 566. The Kier molecular flexibility index (Phi) is 2.56. The van der Waals surface area contributed by atoms with Gasteiger partial charge in [-0.05, 0) is 12.1 Å². The molecule has 6 heteroatoms. The smallest absolute Gasteiger partial charge is 0.325 e. The third kappa shape index (κ3) is 1.86. The van der Waals surface area contributed by atoms with E-state index in [2.05, 4.69) is 10.2 Å². The van der Waals surface area contributed by atoms with Gasteiger partial charge in [-0.25, -0.2) is 0 Å². The molecule has 1 aliphatic rings. The molecule has 2 heterocycles. The van der Waals surface area contributed by atoms with Crippen LogP contribution < -0.4 is 10.6 Å². The largest absolute Gasteiger partial charge is 0.403 e. The van der Waals surface area contributed by atoms with Crippen LogP contribution >= 0.6 is 0 Å². The van der Waals surface area contributed by atoms with Crippen molar-refractivity contribution in [3.8, 4) is 11.5 Å². The highest BCUT2D eigenvalue weighted by Crippen LogP contribution is 2.24. The summed E-state index contributed by atoms with van der Waals surface area (Å²) in [5, 5.41) is 7.83. The van der Waals surface area contributed by atoms with Crippen molar-refractivity contribution in [2.75, 3.05) is 11.4 Å². The maximum absolute atomic E-state index is 11.6. The molecule has 0 radical (unpaired) electrons. The average molecular weight is 244 g/mol. The minimum atomic E-state index is -0.162. The summed E-state index contributed by atoms with van der Waals surface area (Å²) in [6.07, 6.45) is 0.322. The van der Waals surface area contributed by atoms with Crippen molar-refractivity contribution in [1.82, 2.24) is 10.2 Å². The molecule has 1 amide bonds. The lowest BCUT2D eigenvalue weighted by Crippen LogP contribution is -2.28. The van der Waals surface area contributed by atoms with E-state index in [0.717, 1.165) is 5.56 Å². The number of rotatable bonds is 2. The fourth-order valence-electron chi connectivity index (χ4n) is 1.94. The minimum absolute atomic E-state index is 0.0780. The lowest BCUT2D eigenvalue weighted by atomic mass is 10.2. The van der Waals surface area contributed by atoms with Gasteiger partial charge in [0.05, 0.1) is 0 Å². The van der Waals surface area contributed by atoms with Crippen molar-refractivity contribution in [1.29, 1.82) is 0 Å². The Morgan fingerprint density at radius 1 is 1.28 bits per heavy atom.